The summed E-state index contributed by atoms with van der Waals surface area (Å²) in [6.45, 7) is 0. The van der Waals surface area contributed by atoms with Gasteiger partial charge in [0.25, 0.3) is 5.91 Å². The van der Waals surface area contributed by atoms with Gasteiger partial charge in [-0.1, -0.05) is 30.3 Å². The Labute approximate surface area is 148 Å². The van der Waals surface area contributed by atoms with Crippen molar-refractivity contribution >= 4 is 33.2 Å². The smallest absolute Gasteiger partial charge is 0.260 e. The van der Waals surface area contributed by atoms with Crippen LogP contribution in [0.3, 0.4) is 0 Å². The number of halogens is 1. The number of nitrogens with zero attached hydrogens (tertiary/aromatic N) is 2. The van der Waals surface area contributed by atoms with Crippen LogP contribution in [0.25, 0.3) is 0 Å². The molecular weight excluding hydrogens is 366 g/mol. The molecule has 1 N–H and O–H groups in total. The van der Waals surface area contributed by atoms with E-state index in [0.29, 0.717) is 5.56 Å². The molecule has 2 heterocycles. The van der Waals surface area contributed by atoms with Gasteiger partial charge in [0.15, 0.2) is 0 Å². The maximum Gasteiger partial charge on any atom is 0.260 e. The Morgan fingerprint density at radius 3 is 2.58 bits per heavy atom. The van der Waals surface area contributed by atoms with Gasteiger partial charge in [-0.2, -0.15) is 0 Å². The predicted molar refractivity (Wildman–Crippen MR) is 98.0 cm³/mol. The second-order valence-corrected chi connectivity index (χ2v) is 6.35. The Kier molecular flexibility index (Phi) is 3.78. The standard InChI is InChI=1S/C19H14BrN3O/c20-16-9-3-4-10-17(16)22-18-14-7-1-2-8-15(14)19(24)23(18)13-6-5-11-21-12-13/h1-12,18,22H/t18-/m0/s1. The molecule has 0 spiro atoms. The number of aromatic nitrogens is 1. The first-order valence-electron chi connectivity index (χ1n) is 7.59. The fourth-order valence-electron chi connectivity index (χ4n) is 2.95. The van der Waals surface area contributed by atoms with Crippen molar-refractivity contribution in [3.63, 3.8) is 0 Å². The van der Waals surface area contributed by atoms with Crippen molar-refractivity contribution in [1.29, 1.82) is 0 Å². The average molecular weight is 380 g/mol. The van der Waals surface area contributed by atoms with Crippen LogP contribution in [0.4, 0.5) is 11.4 Å². The monoisotopic (exact) mass is 379 g/mol. The Hall–Kier alpha value is -2.66. The van der Waals surface area contributed by atoms with Gasteiger partial charge in [-0.25, -0.2) is 0 Å². The summed E-state index contributed by atoms with van der Waals surface area (Å²) in [6, 6.07) is 19.3. The molecular formula is C19H14BrN3O. The van der Waals surface area contributed by atoms with Crippen molar-refractivity contribution in [2.45, 2.75) is 6.17 Å². The van der Waals surface area contributed by atoms with Crippen LogP contribution < -0.4 is 10.2 Å². The van der Waals surface area contributed by atoms with E-state index in [1.165, 1.54) is 0 Å². The molecule has 0 fully saturated rings. The number of para-hydroxylation sites is 1. The van der Waals surface area contributed by atoms with Crippen molar-refractivity contribution in [1.82, 2.24) is 4.98 Å². The average Bonchev–Trinajstić information content (AvgIpc) is 2.90. The lowest BCUT2D eigenvalue weighted by Crippen LogP contribution is -2.32. The number of pyridine rings is 1. The van der Waals surface area contributed by atoms with Gasteiger partial charge in [-0.15, -0.1) is 0 Å². The maximum atomic E-state index is 12.9. The molecule has 4 nitrogen and oxygen atoms in total. The Morgan fingerprint density at radius 1 is 1.00 bits per heavy atom. The van der Waals surface area contributed by atoms with Crippen molar-refractivity contribution in [3.8, 4) is 0 Å². The third-order valence-electron chi connectivity index (χ3n) is 4.05. The first-order chi connectivity index (χ1) is 11.8. The second kappa shape index (κ2) is 6.09. The molecule has 0 saturated carbocycles. The minimum absolute atomic E-state index is 0.0249. The van der Waals surface area contributed by atoms with Crippen LogP contribution in [0.15, 0.2) is 77.5 Å². The van der Waals surface area contributed by atoms with Crippen molar-refractivity contribution < 1.29 is 4.79 Å². The summed E-state index contributed by atoms with van der Waals surface area (Å²) >= 11 is 3.56. The number of nitrogens with one attached hydrogen (secondary N) is 1. The number of amides is 1. The molecule has 1 aliphatic heterocycles. The third-order valence-corrected chi connectivity index (χ3v) is 4.74. The van der Waals surface area contributed by atoms with Gasteiger partial charge >= 0.3 is 0 Å². The number of anilines is 2. The van der Waals surface area contributed by atoms with Crippen LogP contribution in [0.1, 0.15) is 22.1 Å². The second-order valence-electron chi connectivity index (χ2n) is 5.50. The van der Waals surface area contributed by atoms with Gasteiger partial charge < -0.3 is 5.32 Å². The summed E-state index contributed by atoms with van der Waals surface area (Å²) in [4.78, 5) is 18.8. The molecule has 0 aliphatic carbocycles. The molecule has 1 aliphatic rings. The summed E-state index contributed by atoms with van der Waals surface area (Å²) in [7, 11) is 0. The van der Waals surface area contributed by atoms with E-state index < -0.39 is 0 Å². The van der Waals surface area contributed by atoms with E-state index in [0.717, 1.165) is 21.4 Å². The topological polar surface area (TPSA) is 45.2 Å². The highest BCUT2D eigenvalue weighted by molar-refractivity contribution is 9.10. The highest BCUT2D eigenvalue weighted by Gasteiger charge is 2.37. The number of carbonyl (C=O) groups is 1. The molecule has 0 saturated heterocycles. The van der Waals surface area contributed by atoms with Crippen molar-refractivity contribution in [3.05, 3.63) is 88.7 Å². The molecule has 0 radical (unpaired) electrons. The molecule has 1 atom stereocenters. The fourth-order valence-corrected chi connectivity index (χ4v) is 3.35. The fraction of sp³-hybridized carbons (Fsp3) is 0.0526. The SMILES string of the molecule is O=C1c2ccccc2[C@@H](Nc2ccccc2Br)N1c1cccnc1. The Bertz CT molecular complexity index is 898. The summed E-state index contributed by atoms with van der Waals surface area (Å²) in [5, 5.41) is 3.47. The molecule has 24 heavy (non-hydrogen) atoms. The quantitative estimate of drug-likeness (QED) is 0.722. The number of hydrogen-bond donors (Lipinski definition) is 1. The highest BCUT2D eigenvalue weighted by Crippen LogP contribution is 2.38. The minimum atomic E-state index is -0.281. The van der Waals surface area contributed by atoms with E-state index in [1.54, 1.807) is 17.3 Å². The van der Waals surface area contributed by atoms with Gasteiger partial charge in [0.1, 0.15) is 6.17 Å². The molecule has 0 unspecified atom stereocenters. The molecule has 4 rings (SSSR count). The lowest BCUT2D eigenvalue weighted by atomic mass is 10.1. The molecule has 0 bridgehead atoms. The summed E-state index contributed by atoms with van der Waals surface area (Å²) in [5.74, 6) is -0.0249. The Morgan fingerprint density at radius 2 is 1.79 bits per heavy atom. The van der Waals surface area contributed by atoms with Gasteiger partial charge in [-0.05, 0) is 46.3 Å². The zero-order valence-electron chi connectivity index (χ0n) is 12.7. The van der Waals surface area contributed by atoms with Crippen LogP contribution >= 0.6 is 15.9 Å². The number of carbonyl (C=O) groups excluding carboxylic acids is 1. The van der Waals surface area contributed by atoms with E-state index in [1.807, 2.05) is 60.7 Å². The lowest BCUT2D eigenvalue weighted by molar-refractivity contribution is 0.0993. The molecule has 2 aromatic carbocycles. The Balaban J connectivity index is 1.81. The first kappa shape index (κ1) is 14.9. The van der Waals surface area contributed by atoms with Gasteiger partial charge in [0.2, 0.25) is 0 Å². The summed E-state index contributed by atoms with van der Waals surface area (Å²) in [6.07, 6.45) is 3.13. The highest BCUT2D eigenvalue weighted by atomic mass is 79.9. The number of rotatable bonds is 3. The zero-order valence-corrected chi connectivity index (χ0v) is 14.3. The van der Waals surface area contributed by atoms with E-state index in [9.17, 15) is 4.79 Å². The van der Waals surface area contributed by atoms with Crippen LogP contribution in [0.2, 0.25) is 0 Å². The van der Waals surface area contributed by atoms with E-state index >= 15 is 0 Å². The lowest BCUT2D eigenvalue weighted by Gasteiger charge is -2.27. The van der Waals surface area contributed by atoms with Crippen molar-refractivity contribution in [2.24, 2.45) is 0 Å². The maximum absolute atomic E-state index is 12.9. The van der Waals surface area contributed by atoms with E-state index in [4.69, 9.17) is 0 Å². The molecule has 1 amide bonds. The first-order valence-corrected chi connectivity index (χ1v) is 8.38. The minimum Gasteiger partial charge on any atom is -0.360 e. The normalized spacial score (nSPS) is 16.1. The van der Waals surface area contributed by atoms with E-state index in [-0.39, 0.29) is 12.1 Å². The summed E-state index contributed by atoms with van der Waals surface area (Å²) < 4.78 is 0.952. The van der Waals surface area contributed by atoms with Crippen molar-refractivity contribution in [2.75, 3.05) is 10.2 Å². The zero-order chi connectivity index (χ0) is 16.5. The van der Waals surface area contributed by atoms with Crippen LogP contribution in [0, 0.1) is 0 Å². The third kappa shape index (κ3) is 2.47. The largest absolute Gasteiger partial charge is 0.360 e. The number of fused-ring (bicyclic) bond motifs is 1. The molecule has 118 valence electrons. The number of benzene rings is 2. The van der Waals surface area contributed by atoms with Gasteiger partial charge in [-0.3, -0.25) is 14.7 Å². The number of hydrogen-bond acceptors (Lipinski definition) is 3. The van der Waals surface area contributed by atoms with Gasteiger partial charge in [0, 0.05) is 21.8 Å². The predicted octanol–water partition coefficient (Wildman–Crippen LogP) is 4.62. The van der Waals surface area contributed by atoms with Gasteiger partial charge in [0.05, 0.1) is 17.6 Å². The summed E-state index contributed by atoms with van der Waals surface area (Å²) in [5.41, 5.74) is 3.37. The molecule has 5 heteroatoms. The van der Waals surface area contributed by atoms with Crippen LogP contribution in [0.5, 0.6) is 0 Å². The van der Waals surface area contributed by atoms with Crippen LogP contribution in [-0.4, -0.2) is 10.9 Å². The molecule has 3 aromatic rings. The van der Waals surface area contributed by atoms with Crippen LogP contribution in [-0.2, 0) is 0 Å². The van der Waals surface area contributed by atoms with E-state index in [2.05, 4.69) is 26.2 Å². The molecule has 1 aromatic heterocycles.